The molecular weight excluding hydrogens is 464 g/mol. The van der Waals surface area contributed by atoms with Gasteiger partial charge in [-0.1, -0.05) is 61.2 Å². The predicted octanol–water partition coefficient (Wildman–Crippen LogP) is 4.76. The number of aromatic nitrogens is 1. The molecule has 0 saturated carbocycles. The third-order valence-electron chi connectivity index (χ3n) is 6.69. The average Bonchev–Trinajstić information content (AvgIpc) is 3.10. The van der Waals surface area contributed by atoms with Crippen molar-refractivity contribution in [1.29, 1.82) is 5.26 Å². The number of thioether (sulfide) groups is 1. The van der Waals surface area contributed by atoms with Gasteiger partial charge >= 0.3 is 0 Å². The molecular formula is C26H28N4O2S2. The van der Waals surface area contributed by atoms with Crippen LogP contribution in [0.3, 0.4) is 0 Å². The number of pyridine rings is 1. The molecule has 8 heteroatoms. The van der Waals surface area contributed by atoms with Crippen molar-refractivity contribution < 1.29 is 4.79 Å². The first-order valence-corrected chi connectivity index (χ1v) is 12.7. The average molecular weight is 493 g/mol. The highest BCUT2D eigenvalue weighted by Crippen LogP contribution is 2.40. The van der Waals surface area contributed by atoms with Crippen LogP contribution in [0.1, 0.15) is 55.0 Å². The molecule has 0 aliphatic carbocycles. The van der Waals surface area contributed by atoms with Gasteiger partial charge in [0.2, 0.25) is 0 Å². The van der Waals surface area contributed by atoms with Crippen molar-refractivity contribution in [1.82, 2.24) is 9.47 Å². The van der Waals surface area contributed by atoms with Gasteiger partial charge < -0.3 is 4.90 Å². The highest BCUT2D eigenvalue weighted by molar-refractivity contribution is 8.26. The smallest absolute Gasteiger partial charge is 0.270 e. The van der Waals surface area contributed by atoms with Crippen molar-refractivity contribution in [2.45, 2.75) is 39.7 Å². The number of nitriles is 1. The van der Waals surface area contributed by atoms with Gasteiger partial charge in [0.05, 0.1) is 10.9 Å². The summed E-state index contributed by atoms with van der Waals surface area (Å²) in [5, 5.41) is 9.69. The first kappa shape index (κ1) is 24.2. The summed E-state index contributed by atoms with van der Waals surface area (Å²) in [4.78, 5) is 30.8. The van der Waals surface area contributed by atoms with E-state index in [-0.39, 0.29) is 23.1 Å². The molecule has 0 radical (unpaired) electrons. The molecule has 3 heterocycles. The number of rotatable bonds is 4. The second kappa shape index (κ2) is 9.77. The Morgan fingerprint density at radius 1 is 1.26 bits per heavy atom. The number of thiocarbonyl (C=S) groups is 1. The largest absolute Gasteiger partial charge is 0.357 e. The van der Waals surface area contributed by atoms with Crippen LogP contribution in [0.4, 0.5) is 5.82 Å². The van der Waals surface area contributed by atoms with Gasteiger partial charge in [-0.25, -0.2) is 0 Å². The summed E-state index contributed by atoms with van der Waals surface area (Å²) < 4.78 is 2.06. The van der Waals surface area contributed by atoms with Gasteiger partial charge in [0, 0.05) is 25.7 Å². The number of nitrogens with zero attached hydrogens (tertiary/aromatic N) is 4. The fraction of sp³-hybridized carbons (Fsp3) is 0.385. The topological polar surface area (TPSA) is 69.3 Å². The third-order valence-corrected chi connectivity index (χ3v) is 8.02. The Kier molecular flexibility index (Phi) is 6.96. The lowest BCUT2D eigenvalue weighted by molar-refractivity contribution is -0.123. The lowest BCUT2D eigenvalue weighted by Gasteiger charge is -2.35. The maximum Gasteiger partial charge on any atom is 0.270 e. The Balaban J connectivity index is 1.81. The molecule has 0 N–H and O–H groups in total. The summed E-state index contributed by atoms with van der Waals surface area (Å²) in [5.41, 5.74) is 2.14. The van der Waals surface area contributed by atoms with Crippen LogP contribution in [0.25, 0.3) is 6.08 Å². The van der Waals surface area contributed by atoms with Gasteiger partial charge in [-0.2, -0.15) is 5.26 Å². The lowest BCUT2D eigenvalue weighted by Crippen LogP contribution is -2.39. The fourth-order valence-corrected chi connectivity index (χ4v) is 6.20. The van der Waals surface area contributed by atoms with E-state index in [4.69, 9.17) is 12.2 Å². The zero-order valence-corrected chi connectivity index (χ0v) is 21.5. The van der Waals surface area contributed by atoms with Crippen molar-refractivity contribution in [3.05, 3.63) is 67.8 Å². The summed E-state index contributed by atoms with van der Waals surface area (Å²) in [6, 6.07) is 11.7. The Morgan fingerprint density at radius 3 is 2.62 bits per heavy atom. The van der Waals surface area contributed by atoms with Crippen molar-refractivity contribution in [3.63, 3.8) is 0 Å². The molecule has 0 spiro atoms. The molecule has 176 valence electrons. The fourth-order valence-electron chi connectivity index (χ4n) is 4.80. The number of carbonyl (C=O) groups excluding carboxylic acids is 1. The van der Waals surface area contributed by atoms with Crippen LogP contribution in [0.15, 0.2) is 40.0 Å². The molecule has 2 saturated heterocycles. The molecule has 2 atom stereocenters. The third kappa shape index (κ3) is 4.30. The van der Waals surface area contributed by atoms with Crippen LogP contribution < -0.4 is 10.5 Å². The molecule has 2 aliphatic heterocycles. The van der Waals surface area contributed by atoms with Crippen molar-refractivity contribution >= 4 is 46.1 Å². The summed E-state index contributed by atoms with van der Waals surface area (Å²) >= 11 is 6.87. The molecule has 2 fully saturated rings. The van der Waals surface area contributed by atoms with E-state index >= 15 is 0 Å². The minimum absolute atomic E-state index is 0.107. The number of piperidine rings is 1. The van der Waals surface area contributed by atoms with E-state index < -0.39 is 0 Å². The van der Waals surface area contributed by atoms with Crippen LogP contribution in [-0.4, -0.2) is 32.8 Å². The van der Waals surface area contributed by atoms with Crippen molar-refractivity contribution in [2.24, 2.45) is 13.0 Å². The van der Waals surface area contributed by atoms with E-state index in [0.717, 1.165) is 42.9 Å². The highest BCUT2D eigenvalue weighted by Gasteiger charge is 2.36. The van der Waals surface area contributed by atoms with E-state index in [1.807, 2.05) is 43.3 Å². The molecule has 2 unspecified atom stereocenters. The van der Waals surface area contributed by atoms with E-state index in [1.165, 1.54) is 11.8 Å². The van der Waals surface area contributed by atoms with Crippen LogP contribution in [0.5, 0.6) is 0 Å². The normalized spacial score (nSPS) is 20.7. The van der Waals surface area contributed by atoms with E-state index in [1.54, 1.807) is 23.4 Å². The second-order valence-corrected chi connectivity index (χ2v) is 10.7. The van der Waals surface area contributed by atoms with E-state index in [9.17, 15) is 14.9 Å². The SMILES string of the molecule is Cc1c(C=C2SC(=S)N(C(C)c3ccccc3)C2=O)c(N2CCCC(C)C2)n(C)c(=O)c1C#N. The van der Waals surface area contributed by atoms with Gasteiger partial charge in [0.25, 0.3) is 11.5 Å². The zero-order valence-electron chi connectivity index (χ0n) is 19.9. The first-order chi connectivity index (χ1) is 16.2. The number of anilines is 1. The Labute approximate surface area is 209 Å². The molecule has 0 bridgehead atoms. The molecule has 2 aliphatic rings. The minimum Gasteiger partial charge on any atom is -0.357 e. The number of carbonyl (C=O) groups is 1. The van der Waals surface area contributed by atoms with Crippen LogP contribution in [0, 0.1) is 24.2 Å². The van der Waals surface area contributed by atoms with E-state index in [2.05, 4.69) is 17.9 Å². The molecule has 34 heavy (non-hydrogen) atoms. The number of benzene rings is 1. The van der Waals surface area contributed by atoms with Crippen molar-refractivity contribution in [3.8, 4) is 6.07 Å². The highest BCUT2D eigenvalue weighted by atomic mass is 32.2. The van der Waals surface area contributed by atoms with Gasteiger partial charge in [-0.3, -0.25) is 19.1 Å². The molecule has 2 aromatic rings. The number of amides is 1. The Bertz CT molecular complexity index is 1280. The van der Waals surface area contributed by atoms with Gasteiger partial charge in [0.15, 0.2) is 0 Å². The van der Waals surface area contributed by atoms with Crippen LogP contribution in [0.2, 0.25) is 0 Å². The van der Waals surface area contributed by atoms with Crippen LogP contribution in [-0.2, 0) is 11.8 Å². The monoisotopic (exact) mass is 492 g/mol. The maximum atomic E-state index is 13.5. The van der Waals surface area contributed by atoms with Gasteiger partial charge in [-0.15, -0.1) is 0 Å². The molecule has 1 amide bonds. The quantitative estimate of drug-likeness (QED) is 0.453. The van der Waals surface area contributed by atoms with Crippen molar-refractivity contribution in [2.75, 3.05) is 18.0 Å². The summed E-state index contributed by atoms with van der Waals surface area (Å²) in [5.74, 6) is 1.10. The molecule has 4 rings (SSSR count). The second-order valence-electron chi connectivity index (χ2n) is 9.05. The number of hydrogen-bond donors (Lipinski definition) is 0. The molecule has 6 nitrogen and oxygen atoms in total. The van der Waals surface area contributed by atoms with Crippen LogP contribution >= 0.6 is 24.0 Å². The van der Waals surface area contributed by atoms with Gasteiger partial charge in [0.1, 0.15) is 21.8 Å². The summed E-state index contributed by atoms with van der Waals surface area (Å²) in [6.07, 6.45) is 4.00. The Morgan fingerprint density at radius 2 is 1.97 bits per heavy atom. The first-order valence-electron chi connectivity index (χ1n) is 11.4. The molecule has 1 aromatic carbocycles. The summed E-state index contributed by atoms with van der Waals surface area (Å²) in [6.45, 7) is 7.61. The number of hydrogen-bond acceptors (Lipinski definition) is 6. The predicted molar refractivity (Wildman–Crippen MR) is 142 cm³/mol. The minimum atomic E-state index is -0.310. The maximum absolute atomic E-state index is 13.5. The summed E-state index contributed by atoms with van der Waals surface area (Å²) in [7, 11) is 1.71. The Hall–Kier alpha value is -2.89. The van der Waals surface area contributed by atoms with Gasteiger partial charge in [-0.05, 0) is 49.8 Å². The van der Waals surface area contributed by atoms with E-state index in [0.29, 0.717) is 20.7 Å². The molecule has 1 aromatic heterocycles. The lowest BCUT2D eigenvalue weighted by atomic mass is 9.98. The standard InChI is InChI=1S/C26H28N4O2S2/c1-16-9-8-12-29(15-16)23-20(17(2)21(14-27)24(31)28(23)4)13-22-25(32)30(26(33)34-22)18(3)19-10-6-5-7-11-19/h5-7,10-11,13,16,18H,8-9,12,15H2,1-4H3. The zero-order chi connectivity index (χ0) is 24.6.